The van der Waals surface area contributed by atoms with Crippen molar-refractivity contribution >= 4 is 66.0 Å². The van der Waals surface area contributed by atoms with Crippen molar-refractivity contribution in [2.24, 2.45) is 0 Å². The number of ether oxygens (including phenoxy) is 1. The second-order valence-corrected chi connectivity index (χ2v) is 14.4. The molecule has 2 unspecified atom stereocenters. The first-order valence-corrected chi connectivity index (χ1v) is 17.7. The molecule has 0 radical (unpaired) electrons. The van der Waals surface area contributed by atoms with Gasteiger partial charge < -0.3 is 14.5 Å². The van der Waals surface area contributed by atoms with Crippen molar-refractivity contribution < 1.29 is 4.74 Å². The molecule has 2 aliphatic rings. The molecule has 1 saturated heterocycles. The zero-order valence-corrected chi connectivity index (χ0v) is 29.5. The molecule has 0 N–H and O–H groups in total. The second kappa shape index (κ2) is 12.5. The van der Waals surface area contributed by atoms with Crippen molar-refractivity contribution in [3.63, 3.8) is 0 Å². The zero-order chi connectivity index (χ0) is 32.1. The highest BCUT2D eigenvalue weighted by molar-refractivity contribution is 9.10. The molecule has 6 aromatic rings. The molecule has 0 amide bonds. The highest BCUT2D eigenvalue weighted by Gasteiger charge is 2.38. The molecule has 1 fully saturated rings. The van der Waals surface area contributed by atoms with E-state index in [1.165, 1.54) is 27.8 Å². The van der Waals surface area contributed by atoms with Crippen LogP contribution in [0.15, 0.2) is 142 Å². The van der Waals surface area contributed by atoms with Gasteiger partial charge in [0.1, 0.15) is 0 Å². The van der Waals surface area contributed by atoms with Crippen LogP contribution in [0.3, 0.4) is 0 Å². The molecule has 0 aliphatic carbocycles. The lowest BCUT2D eigenvalue weighted by Crippen LogP contribution is -2.13. The summed E-state index contributed by atoms with van der Waals surface area (Å²) in [5.74, 6) is 0. The number of benzene rings is 6. The van der Waals surface area contributed by atoms with Crippen LogP contribution in [0, 0.1) is 13.8 Å². The van der Waals surface area contributed by atoms with E-state index >= 15 is 0 Å². The van der Waals surface area contributed by atoms with Gasteiger partial charge in [-0.3, -0.25) is 0 Å². The molecule has 6 aromatic carbocycles. The molecular weight excluding hydrogens is 708 g/mol. The molecule has 232 valence electrons. The Bertz CT molecular complexity index is 1850. The minimum atomic E-state index is 0.205. The minimum Gasteiger partial charge on any atom is -0.366 e. The van der Waals surface area contributed by atoms with Gasteiger partial charge in [-0.05, 0) is 146 Å². The van der Waals surface area contributed by atoms with Crippen LogP contribution in [-0.2, 0) is 4.74 Å². The fraction of sp³-hybridized carbons (Fsp3) is 0.143. The third kappa shape index (κ3) is 5.93. The Morgan fingerprint density at radius 2 is 0.872 bits per heavy atom. The molecule has 0 aromatic heterocycles. The normalized spacial score (nSPS) is 16.3. The third-order valence-corrected chi connectivity index (χ3v) is 10.4. The molecular formula is C42H34Br2N2O. The van der Waals surface area contributed by atoms with Gasteiger partial charge in [0.2, 0.25) is 0 Å². The number of fused-ring (bicyclic) bond motifs is 5. The smallest absolute Gasteiger partial charge is 0.0838 e. The molecule has 5 heteroatoms. The van der Waals surface area contributed by atoms with Crippen LogP contribution in [-0.4, -0.2) is 0 Å². The van der Waals surface area contributed by atoms with E-state index in [9.17, 15) is 0 Å². The summed E-state index contributed by atoms with van der Waals surface area (Å²) in [7, 11) is 0. The quantitative estimate of drug-likeness (QED) is 0.162. The zero-order valence-electron chi connectivity index (χ0n) is 26.3. The number of halogens is 2. The maximum absolute atomic E-state index is 6.30. The van der Waals surface area contributed by atoms with Crippen LogP contribution in [0.25, 0.3) is 11.1 Å². The highest BCUT2D eigenvalue weighted by Crippen LogP contribution is 2.52. The summed E-state index contributed by atoms with van der Waals surface area (Å²) in [6, 6.07) is 48.6. The van der Waals surface area contributed by atoms with E-state index in [0.29, 0.717) is 0 Å². The fourth-order valence-electron chi connectivity index (χ4n) is 6.90. The molecule has 2 bridgehead atoms. The summed E-state index contributed by atoms with van der Waals surface area (Å²) < 4.78 is 8.40. The molecule has 0 saturated carbocycles. The largest absolute Gasteiger partial charge is 0.366 e. The Labute approximate surface area is 293 Å². The van der Waals surface area contributed by atoms with Crippen LogP contribution in [0.5, 0.6) is 0 Å². The first-order valence-electron chi connectivity index (χ1n) is 16.1. The Morgan fingerprint density at radius 3 is 1.34 bits per heavy atom. The first kappa shape index (κ1) is 30.2. The predicted octanol–water partition coefficient (Wildman–Crippen LogP) is 13.3. The number of aryl methyl sites for hydroxylation is 2. The Balaban J connectivity index is 1.37. The molecule has 2 heterocycles. The maximum atomic E-state index is 6.30. The van der Waals surface area contributed by atoms with Gasteiger partial charge in [0.05, 0.1) is 12.2 Å². The lowest BCUT2D eigenvalue weighted by atomic mass is 9.89. The molecule has 8 rings (SSSR count). The third-order valence-electron chi connectivity index (χ3n) is 9.31. The Kier molecular flexibility index (Phi) is 8.00. The number of nitrogens with zero attached hydrogens (tertiary/aromatic N) is 2. The summed E-state index contributed by atoms with van der Waals surface area (Å²) in [5.41, 5.74) is 14.1. The molecule has 47 heavy (non-hydrogen) atoms. The van der Waals surface area contributed by atoms with Crippen molar-refractivity contribution in [3.05, 3.63) is 165 Å². The summed E-state index contributed by atoms with van der Waals surface area (Å²) in [6.07, 6.45) is 2.67. The maximum Gasteiger partial charge on any atom is 0.0838 e. The topological polar surface area (TPSA) is 15.7 Å². The summed E-state index contributed by atoms with van der Waals surface area (Å²) >= 11 is 7.30. The molecule has 3 nitrogen and oxygen atoms in total. The van der Waals surface area contributed by atoms with E-state index in [-0.39, 0.29) is 12.2 Å². The van der Waals surface area contributed by atoms with E-state index in [4.69, 9.17) is 4.74 Å². The van der Waals surface area contributed by atoms with E-state index in [1.54, 1.807) is 0 Å². The lowest BCUT2D eigenvalue weighted by Gasteiger charge is -2.30. The van der Waals surface area contributed by atoms with E-state index in [2.05, 4.69) is 189 Å². The second-order valence-electron chi connectivity index (χ2n) is 12.6. The van der Waals surface area contributed by atoms with Crippen LogP contribution in [0.4, 0.5) is 34.1 Å². The van der Waals surface area contributed by atoms with Crippen molar-refractivity contribution in [2.45, 2.75) is 38.9 Å². The van der Waals surface area contributed by atoms with E-state index in [0.717, 1.165) is 61.5 Å². The van der Waals surface area contributed by atoms with Crippen molar-refractivity contribution in [3.8, 4) is 11.1 Å². The molecule has 2 aliphatic heterocycles. The Morgan fingerprint density at radius 1 is 0.447 bits per heavy atom. The van der Waals surface area contributed by atoms with Crippen molar-refractivity contribution in [1.29, 1.82) is 0 Å². The minimum absolute atomic E-state index is 0.205. The highest BCUT2D eigenvalue weighted by atomic mass is 79.9. The van der Waals surface area contributed by atoms with Crippen LogP contribution < -0.4 is 9.80 Å². The van der Waals surface area contributed by atoms with Gasteiger partial charge in [0.15, 0.2) is 0 Å². The van der Waals surface area contributed by atoms with Gasteiger partial charge in [-0.15, -0.1) is 0 Å². The number of anilines is 6. The van der Waals surface area contributed by atoms with Gasteiger partial charge in [-0.1, -0.05) is 79.4 Å². The van der Waals surface area contributed by atoms with Crippen molar-refractivity contribution in [2.75, 3.05) is 9.80 Å². The van der Waals surface area contributed by atoms with Gasteiger partial charge in [-0.25, -0.2) is 0 Å². The van der Waals surface area contributed by atoms with Crippen LogP contribution in [0.1, 0.15) is 47.3 Å². The summed E-state index contributed by atoms with van der Waals surface area (Å²) in [6.45, 7) is 4.27. The number of hydrogen-bond acceptors (Lipinski definition) is 3. The summed E-state index contributed by atoms with van der Waals surface area (Å²) in [5, 5.41) is 0. The van der Waals surface area contributed by atoms with Crippen molar-refractivity contribution in [1.82, 2.24) is 0 Å². The average molecular weight is 743 g/mol. The standard InChI is InChI=1S/C42H34Br2N2O/c1-27-3-12-33(13-4-27)45(34-14-5-28(2)6-15-34)37-23-30(29-7-20-39-40(25-29)42-22-21-41(39)47-42)24-38(26-37)46(35-16-8-31(43)9-17-35)36-18-10-32(44)11-19-36/h3-20,23-26,41-42H,21-22H2,1-2H3. The first-order chi connectivity index (χ1) is 22.9. The van der Waals surface area contributed by atoms with Crippen LogP contribution >= 0.6 is 31.9 Å². The molecule has 2 atom stereocenters. The van der Waals surface area contributed by atoms with E-state index < -0.39 is 0 Å². The number of hydrogen-bond donors (Lipinski definition) is 0. The van der Waals surface area contributed by atoms with Gasteiger partial charge in [-0.2, -0.15) is 0 Å². The average Bonchev–Trinajstić information content (AvgIpc) is 3.72. The Hall–Kier alpha value is -4.16. The fourth-order valence-corrected chi connectivity index (χ4v) is 7.43. The van der Waals surface area contributed by atoms with Gasteiger partial charge in [0, 0.05) is 43.1 Å². The van der Waals surface area contributed by atoms with E-state index in [1.807, 2.05) is 0 Å². The monoisotopic (exact) mass is 740 g/mol. The molecule has 0 spiro atoms. The number of rotatable bonds is 7. The van der Waals surface area contributed by atoms with Gasteiger partial charge >= 0.3 is 0 Å². The van der Waals surface area contributed by atoms with Crippen LogP contribution in [0.2, 0.25) is 0 Å². The SMILES string of the molecule is Cc1ccc(N(c2ccc(C)cc2)c2cc(-c3ccc4c(c3)C3CCC4O3)cc(N(c3ccc(Br)cc3)c3ccc(Br)cc3)c2)cc1. The lowest BCUT2D eigenvalue weighted by molar-refractivity contribution is 0.0717. The summed E-state index contributed by atoms with van der Waals surface area (Å²) in [4.78, 5) is 4.71. The predicted molar refractivity (Wildman–Crippen MR) is 202 cm³/mol. The van der Waals surface area contributed by atoms with Gasteiger partial charge in [0.25, 0.3) is 0 Å².